The molecule has 2 N–H and O–H groups in total. The number of halogens is 1. The largest absolute Gasteiger partial charge is 0.330 e. The van der Waals surface area contributed by atoms with Gasteiger partial charge >= 0.3 is 0 Å². The van der Waals surface area contributed by atoms with Crippen LogP contribution in [0.1, 0.15) is 18.4 Å². The van der Waals surface area contributed by atoms with Crippen molar-refractivity contribution in [1.29, 1.82) is 0 Å². The normalized spacial score (nSPS) is 25.7. The molecule has 1 aliphatic rings. The Morgan fingerprint density at radius 2 is 2.20 bits per heavy atom. The Kier molecular flexibility index (Phi) is 3.32. The van der Waals surface area contributed by atoms with Gasteiger partial charge in [-0.15, -0.1) is 0 Å². The van der Waals surface area contributed by atoms with Crippen molar-refractivity contribution in [2.45, 2.75) is 18.3 Å². The highest BCUT2D eigenvalue weighted by molar-refractivity contribution is 7.99. The average Bonchev–Trinajstić information content (AvgIpc) is 2.69. The Morgan fingerprint density at radius 1 is 1.40 bits per heavy atom. The molecule has 1 fully saturated rings. The first-order chi connectivity index (χ1) is 7.28. The highest BCUT2D eigenvalue weighted by Crippen LogP contribution is 2.42. The summed E-state index contributed by atoms with van der Waals surface area (Å²) < 4.78 is 13.8. The van der Waals surface area contributed by atoms with Gasteiger partial charge in [0.05, 0.1) is 0 Å². The van der Waals surface area contributed by atoms with Crippen LogP contribution in [0, 0.1) is 5.82 Å². The third-order valence-corrected chi connectivity index (χ3v) is 4.42. The Balaban J connectivity index is 2.36. The Labute approximate surface area is 94.2 Å². The number of nitrogens with two attached hydrogens (primary N) is 1. The Hall–Kier alpha value is -0.540. The summed E-state index contributed by atoms with van der Waals surface area (Å²) in [6, 6.07) is 7.13. The van der Waals surface area contributed by atoms with E-state index >= 15 is 0 Å². The second-order valence-corrected chi connectivity index (χ2v) is 5.21. The van der Waals surface area contributed by atoms with Crippen LogP contribution in [0.2, 0.25) is 0 Å². The van der Waals surface area contributed by atoms with Crippen molar-refractivity contribution in [2.75, 3.05) is 18.1 Å². The molecule has 1 heterocycles. The minimum atomic E-state index is -0.0755. The van der Waals surface area contributed by atoms with Crippen LogP contribution >= 0.6 is 11.8 Å². The summed E-state index contributed by atoms with van der Waals surface area (Å²) in [6.07, 6.45) is 1.94. The first-order valence-corrected chi connectivity index (χ1v) is 6.47. The molecule has 15 heavy (non-hydrogen) atoms. The fourth-order valence-corrected chi connectivity index (χ4v) is 3.83. The van der Waals surface area contributed by atoms with Crippen LogP contribution in [0.5, 0.6) is 0 Å². The maximum absolute atomic E-state index is 13.8. The van der Waals surface area contributed by atoms with Crippen LogP contribution in [0.3, 0.4) is 0 Å². The lowest BCUT2D eigenvalue weighted by Crippen LogP contribution is -2.30. The summed E-state index contributed by atoms with van der Waals surface area (Å²) in [6.45, 7) is 0.634. The van der Waals surface area contributed by atoms with E-state index in [0.29, 0.717) is 6.54 Å². The maximum atomic E-state index is 13.8. The Bertz CT molecular complexity index is 334. The molecular weight excluding hydrogens is 209 g/mol. The standard InChI is InChI=1S/C12H16FNS/c13-11-4-2-1-3-10(11)12(5-7-14)6-8-15-9-12/h1-4H,5-9,14H2. The fraction of sp³-hybridized carbons (Fsp3) is 0.500. The Morgan fingerprint density at radius 3 is 2.80 bits per heavy atom. The van der Waals surface area contributed by atoms with E-state index in [9.17, 15) is 4.39 Å². The van der Waals surface area contributed by atoms with Crippen molar-refractivity contribution in [3.8, 4) is 0 Å². The molecule has 0 spiro atoms. The van der Waals surface area contributed by atoms with Gasteiger partial charge < -0.3 is 5.73 Å². The summed E-state index contributed by atoms with van der Waals surface area (Å²) >= 11 is 1.90. The van der Waals surface area contributed by atoms with Crippen LogP contribution in [-0.2, 0) is 5.41 Å². The minimum Gasteiger partial charge on any atom is -0.330 e. The van der Waals surface area contributed by atoms with Crippen molar-refractivity contribution >= 4 is 11.8 Å². The van der Waals surface area contributed by atoms with Crippen LogP contribution in [0.4, 0.5) is 4.39 Å². The highest BCUT2D eigenvalue weighted by atomic mass is 32.2. The number of hydrogen-bond acceptors (Lipinski definition) is 2. The first kappa shape index (κ1) is 11.0. The second-order valence-electron chi connectivity index (χ2n) is 4.10. The van der Waals surface area contributed by atoms with Gasteiger partial charge in [0.1, 0.15) is 5.82 Å². The van der Waals surface area contributed by atoms with Gasteiger partial charge in [0.25, 0.3) is 0 Å². The van der Waals surface area contributed by atoms with Crippen LogP contribution < -0.4 is 5.73 Å². The predicted octanol–water partition coefficient (Wildman–Crippen LogP) is 2.55. The zero-order valence-electron chi connectivity index (χ0n) is 8.71. The molecule has 1 unspecified atom stereocenters. The summed E-state index contributed by atoms with van der Waals surface area (Å²) in [7, 11) is 0. The van der Waals surface area contributed by atoms with Gasteiger partial charge in [-0.2, -0.15) is 11.8 Å². The monoisotopic (exact) mass is 225 g/mol. The van der Waals surface area contributed by atoms with Gasteiger partial charge in [-0.1, -0.05) is 18.2 Å². The van der Waals surface area contributed by atoms with E-state index in [1.54, 1.807) is 12.1 Å². The summed E-state index contributed by atoms with van der Waals surface area (Å²) in [5.41, 5.74) is 6.50. The number of thioether (sulfide) groups is 1. The molecule has 0 aliphatic carbocycles. The third-order valence-electron chi connectivity index (χ3n) is 3.17. The molecular formula is C12H16FNS. The van der Waals surface area contributed by atoms with Gasteiger partial charge in [0, 0.05) is 11.2 Å². The van der Waals surface area contributed by atoms with Crippen LogP contribution in [-0.4, -0.2) is 18.1 Å². The van der Waals surface area contributed by atoms with E-state index in [4.69, 9.17) is 5.73 Å². The van der Waals surface area contributed by atoms with Gasteiger partial charge in [-0.05, 0) is 36.8 Å². The van der Waals surface area contributed by atoms with E-state index in [1.807, 2.05) is 23.9 Å². The topological polar surface area (TPSA) is 26.0 Å². The van der Waals surface area contributed by atoms with Gasteiger partial charge in [-0.3, -0.25) is 0 Å². The molecule has 0 aromatic heterocycles. The van der Waals surface area contributed by atoms with E-state index < -0.39 is 0 Å². The molecule has 1 saturated heterocycles. The zero-order valence-corrected chi connectivity index (χ0v) is 9.52. The quantitative estimate of drug-likeness (QED) is 0.855. The number of benzene rings is 1. The van der Waals surface area contributed by atoms with Crippen molar-refractivity contribution in [3.63, 3.8) is 0 Å². The molecule has 0 bridgehead atoms. The van der Waals surface area contributed by atoms with E-state index in [1.165, 1.54) is 0 Å². The molecule has 1 aliphatic heterocycles. The predicted molar refractivity (Wildman–Crippen MR) is 63.7 cm³/mol. The van der Waals surface area contributed by atoms with E-state index in [-0.39, 0.29) is 11.2 Å². The SMILES string of the molecule is NCCC1(c2ccccc2F)CCSC1. The minimum absolute atomic E-state index is 0.00917. The van der Waals surface area contributed by atoms with Crippen molar-refractivity contribution in [1.82, 2.24) is 0 Å². The smallest absolute Gasteiger partial charge is 0.126 e. The number of hydrogen-bond donors (Lipinski definition) is 1. The molecule has 3 heteroatoms. The molecule has 2 rings (SSSR count). The fourth-order valence-electron chi connectivity index (χ4n) is 2.32. The van der Waals surface area contributed by atoms with Crippen LogP contribution in [0.15, 0.2) is 24.3 Å². The maximum Gasteiger partial charge on any atom is 0.126 e. The summed E-state index contributed by atoms with van der Waals surface area (Å²) in [5.74, 6) is 2.05. The lowest BCUT2D eigenvalue weighted by Gasteiger charge is -2.28. The van der Waals surface area contributed by atoms with Gasteiger partial charge in [0.2, 0.25) is 0 Å². The molecule has 0 radical (unpaired) electrons. The molecule has 1 aromatic rings. The molecule has 1 atom stereocenters. The first-order valence-electron chi connectivity index (χ1n) is 5.31. The summed E-state index contributed by atoms with van der Waals surface area (Å²) in [4.78, 5) is 0. The molecule has 0 amide bonds. The number of rotatable bonds is 3. The third kappa shape index (κ3) is 2.04. The summed E-state index contributed by atoms with van der Waals surface area (Å²) in [5, 5.41) is 0. The molecule has 1 aromatic carbocycles. The lowest BCUT2D eigenvalue weighted by molar-refractivity contribution is 0.427. The van der Waals surface area contributed by atoms with E-state index in [0.717, 1.165) is 29.9 Å². The molecule has 1 nitrogen and oxygen atoms in total. The van der Waals surface area contributed by atoms with Gasteiger partial charge in [0.15, 0.2) is 0 Å². The lowest BCUT2D eigenvalue weighted by atomic mass is 9.77. The highest BCUT2D eigenvalue weighted by Gasteiger charge is 2.37. The zero-order chi connectivity index (χ0) is 10.7. The average molecular weight is 225 g/mol. The second kappa shape index (κ2) is 4.54. The van der Waals surface area contributed by atoms with Crippen molar-refractivity contribution in [2.24, 2.45) is 5.73 Å². The van der Waals surface area contributed by atoms with E-state index in [2.05, 4.69) is 0 Å². The van der Waals surface area contributed by atoms with Crippen LogP contribution in [0.25, 0.3) is 0 Å². The van der Waals surface area contributed by atoms with Crippen molar-refractivity contribution in [3.05, 3.63) is 35.6 Å². The van der Waals surface area contributed by atoms with Gasteiger partial charge in [-0.25, -0.2) is 4.39 Å². The molecule has 82 valence electrons. The van der Waals surface area contributed by atoms with Crippen molar-refractivity contribution < 1.29 is 4.39 Å². The molecule has 0 saturated carbocycles.